The molecule has 5 rings (SSSR count). The Morgan fingerprint density at radius 2 is 1.64 bits per heavy atom. The van der Waals surface area contributed by atoms with E-state index in [4.69, 9.17) is 14.5 Å². The monoisotopic (exact) mass is 613 g/mol. The van der Waals surface area contributed by atoms with Crippen LogP contribution in [0.4, 0.5) is 16.4 Å². The van der Waals surface area contributed by atoms with Crippen LogP contribution in [0.15, 0.2) is 54.9 Å². The average Bonchev–Trinajstić information content (AvgIpc) is 3.07. The van der Waals surface area contributed by atoms with Crippen molar-refractivity contribution in [2.45, 2.75) is 70.3 Å². The normalized spacial score (nSPS) is 21.4. The Balaban J connectivity index is 1.32. The summed E-state index contributed by atoms with van der Waals surface area (Å²) in [6.07, 6.45) is 10.1. The number of hydrogen-bond acceptors (Lipinski definition) is 7. The highest BCUT2D eigenvalue weighted by molar-refractivity contribution is 5.94. The minimum Gasteiger partial charge on any atom is -0.496 e. The molecule has 2 aliphatic rings. The molecule has 0 spiro atoms. The number of hydrogen-bond donors (Lipinski definition) is 1. The second-order valence-electron chi connectivity index (χ2n) is 12.7. The summed E-state index contributed by atoms with van der Waals surface area (Å²) in [4.78, 5) is 39.2. The summed E-state index contributed by atoms with van der Waals surface area (Å²) in [5.41, 5.74) is 4.51. The lowest BCUT2D eigenvalue weighted by molar-refractivity contribution is -0.124. The summed E-state index contributed by atoms with van der Waals surface area (Å²) < 4.78 is 11.0. The number of benzene rings is 1. The Labute approximate surface area is 267 Å². The molecule has 2 heterocycles. The molecule has 2 aromatic heterocycles. The molecular formula is C36H47N5O4. The zero-order chi connectivity index (χ0) is 31.9. The van der Waals surface area contributed by atoms with Crippen molar-refractivity contribution in [3.05, 3.63) is 66.0 Å². The number of pyridine rings is 2. The van der Waals surface area contributed by atoms with E-state index in [1.165, 1.54) is 11.1 Å². The van der Waals surface area contributed by atoms with Crippen LogP contribution in [0.1, 0.15) is 68.4 Å². The van der Waals surface area contributed by atoms with E-state index in [1.54, 1.807) is 20.4 Å². The maximum Gasteiger partial charge on any atom is 0.407 e. The van der Waals surface area contributed by atoms with Crippen molar-refractivity contribution in [2.75, 3.05) is 44.6 Å². The summed E-state index contributed by atoms with van der Waals surface area (Å²) in [7, 11) is 7.22. The molecule has 1 aromatic carbocycles. The van der Waals surface area contributed by atoms with Gasteiger partial charge in [0.15, 0.2) is 0 Å². The molecule has 45 heavy (non-hydrogen) atoms. The van der Waals surface area contributed by atoms with E-state index in [1.807, 2.05) is 48.3 Å². The van der Waals surface area contributed by atoms with Crippen molar-refractivity contribution in [2.24, 2.45) is 11.8 Å². The summed E-state index contributed by atoms with van der Waals surface area (Å²) >= 11 is 0. The fraction of sp³-hybridized carbons (Fsp3) is 0.500. The number of nitrogens with zero attached hydrogens (tertiary/aromatic N) is 4. The van der Waals surface area contributed by atoms with Crippen molar-refractivity contribution >= 4 is 23.6 Å². The standard InChI is InChI=1S/C36H47N5O4/c1-24-20-28(12-16-32(24)44-5)26-8-6-25(7-9-26)23-41(35(42)27-10-14-31(15-11-27)45-36(43)37-2)34-21-29(18-19-38-34)30-13-17-33(39-22-30)40(3)4/h12-13,16-22,25-27,31H,6-11,14-15,23H2,1-5H3,(H,37,43). The Bertz CT molecular complexity index is 1440. The van der Waals surface area contributed by atoms with E-state index in [0.717, 1.165) is 48.4 Å². The minimum atomic E-state index is -0.416. The van der Waals surface area contributed by atoms with E-state index >= 15 is 0 Å². The predicted octanol–water partition coefficient (Wildman–Crippen LogP) is 6.75. The van der Waals surface area contributed by atoms with Gasteiger partial charge >= 0.3 is 6.09 Å². The van der Waals surface area contributed by atoms with Gasteiger partial charge in [-0.25, -0.2) is 14.8 Å². The fourth-order valence-corrected chi connectivity index (χ4v) is 6.81. The lowest BCUT2D eigenvalue weighted by Gasteiger charge is -2.35. The zero-order valence-electron chi connectivity index (χ0n) is 27.3. The van der Waals surface area contributed by atoms with Crippen LogP contribution in [-0.2, 0) is 9.53 Å². The highest BCUT2D eigenvalue weighted by Gasteiger charge is 2.34. The van der Waals surface area contributed by atoms with Gasteiger partial charge in [0.2, 0.25) is 5.91 Å². The van der Waals surface area contributed by atoms with Gasteiger partial charge in [0.25, 0.3) is 0 Å². The summed E-state index contributed by atoms with van der Waals surface area (Å²) in [5.74, 6) is 3.40. The molecule has 2 saturated carbocycles. The number of amides is 2. The van der Waals surface area contributed by atoms with Gasteiger partial charge in [-0.15, -0.1) is 0 Å². The first kappa shape index (κ1) is 32.3. The van der Waals surface area contributed by atoms with E-state index < -0.39 is 6.09 Å². The zero-order valence-corrected chi connectivity index (χ0v) is 27.3. The number of nitrogens with one attached hydrogen (secondary N) is 1. The second kappa shape index (κ2) is 14.8. The van der Waals surface area contributed by atoms with Crippen LogP contribution in [0, 0.1) is 18.8 Å². The molecule has 0 radical (unpaired) electrons. The van der Waals surface area contributed by atoms with Crippen LogP contribution >= 0.6 is 0 Å². The quantitative estimate of drug-likeness (QED) is 0.285. The third-order valence-corrected chi connectivity index (χ3v) is 9.51. The molecule has 2 fully saturated rings. The minimum absolute atomic E-state index is 0.118. The number of aryl methyl sites for hydroxylation is 1. The second-order valence-corrected chi connectivity index (χ2v) is 12.7. The third kappa shape index (κ3) is 7.93. The van der Waals surface area contributed by atoms with Crippen molar-refractivity contribution in [1.29, 1.82) is 0 Å². The number of carbonyl (C=O) groups excluding carboxylic acids is 2. The Morgan fingerprint density at radius 1 is 0.889 bits per heavy atom. The van der Waals surface area contributed by atoms with Crippen LogP contribution in [-0.4, -0.2) is 62.9 Å². The molecule has 240 valence electrons. The lowest BCUT2D eigenvalue weighted by atomic mass is 9.78. The van der Waals surface area contributed by atoms with Gasteiger partial charge in [-0.05, 0) is 117 Å². The van der Waals surface area contributed by atoms with Crippen LogP contribution in [0.2, 0.25) is 0 Å². The number of ether oxygens (including phenoxy) is 2. The summed E-state index contributed by atoms with van der Waals surface area (Å²) in [6, 6.07) is 14.6. The third-order valence-electron chi connectivity index (χ3n) is 9.51. The van der Waals surface area contributed by atoms with E-state index in [-0.39, 0.29) is 17.9 Å². The first-order valence-electron chi connectivity index (χ1n) is 16.2. The van der Waals surface area contributed by atoms with Gasteiger partial charge in [0.1, 0.15) is 23.5 Å². The van der Waals surface area contributed by atoms with Crippen molar-refractivity contribution < 1.29 is 19.1 Å². The highest BCUT2D eigenvalue weighted by atomic mass is 16.6. The van der Waals surface area contributed by atoms with Crippen LogP contribution in [0.25, 0.3) is 11.1 Å². The first-order valence-corrected chi connectivity index (χ1v) is 16.2. The molecule has 0 unspecified atom stereocenters. The Hall–Kier alpha value is -4.14. The van der Waals surface area contributed by atoms with Crippen LogP contribution in [0.3, 0.4) is 0 Å². The van der Waals surface area contributed by atoms with Crippen LogP contribution < -0.4 is 19.9 Å². The van der Waals surface area contributed by atoms with Gasteiger partial charge in [-0.2, -0.15) is 0 Å². The first-order chi connectivity index (χ1) is 21.7. The lowest BCUT2D eigenvalue weighted by Crippen LogP contribution is -2.42. The smallest absolute Gasteiger partial charge is 0.407 e. The number of carbonyl (C=O) groups is 2. The molecule has 2 aliphatic carbocycles. The number of alkyl carbamates (subject to hydrolysis) is 1. The molecule has 2 amide bonds. The number of anilines is 2. The molecular weight excluding hydrogens is 566 g/mol. The average molecular weight is 614 g/mol. The molecule has 9 nitrogen and oxygen atoms in total. The molecule has 1 N–H and O–H groups in total. The van der Waals surface area contributed by atoms with Gasteiger partial charge in [-0.1, -0.05) is 12.1 Å². The Kier molecular flexibility index (Phi) is 10.6. The highest BCUT2D eigenvalue weighted by Crippen LogP contribution is 2.39. The van der Waals surface area contributed by atoms with Gasteiger partial charge in [-0.3, -0.25) is 9.69 Å². The largest absolute Gasteiger partial charge is 0.496 e. The molecule has 0 saturated heterocycles. The van der Waals surface area contributed by atoms with E-state index in [9.17, 15) is 9.59 Å². The topological polar surface area (TPSA) is 96.9 Å². The fourth-order valence-electron chi connectivity index (χ4n) is 6.81. The molecule has 0 atom stereocenters. The number of aromatic nitrogens is 2. The summed E-state index contributed by atoms with van der Waals surface area (Å²) in [6.45, 7) is 2.75. The van der Waals surface area contributed by atoms with Crippen molar-refractivity contribution in [3.8, 4) is 16.9 Å². The van der Waals surface area contributed by atoms with Gasteiger partial charge in [0, 0.05) is 51.6 Å². The summed E-state index contributed by atoms with van der Waals surface area (Å²) in [5, 5.41) is 2.52. The van der Waals surface area contributed by atoms with E-state index in [0.29, 0.717) is 49.9 Å². The molecule has 3 aromatic rings. The van der Waals surface area contributed by atoms with E-state index in [2.05, 4.69) is 41.5 Å². The van der Waals surface area contributed by atoms with Crippen LogP contribution in [0.5, 0.6) is 5.75 Å². The maximum atomic E-state index is 14.2. The SMILES string of the molecule is CNC(=O)OC1CCC(C(=O)N(CC2CCC(c3ccc(OC)c(C)c3)CC2)c2cc(-c3ccc(N(C)C)nc3)ccn2)CC1. The van der Waals surface area contributed by atoms with Gasteiger partial charge in [0.05, 0.1) is 7.11 Å². The number of methoxy groups -OCH3 is 1. The predicted molar refractivity (Wildman–Crippen MR) is 178 cm³/mol. The van der Waals surface area contributed by atoms with Gasteiger partial charge < -0.3 is 19.7 Å². The number of rotatable bonds is 9. The van der Waals surface area contributed by atoms with Crippen molar-refractivity contribution in [3.63, 3.8) is 0 Å². The molecule has 0 bridgehead atoms. The molecule has 9 heteroatoms. The maximum absolute atomic E-state index is 14.2. The molecule has 0 aliphatic heterocycles. The van der Waals surface area contributed by atoms with Crippen molar-refractivity contribution in [1.82, 2.24) is 15.3 Å². The Morgan fingerprint density at radius 3 is 2.27 bits per heavy atom.